The number of carbonyl (C=O) groups is 2. The van der Waals surface area contributed by atoms with Gasteiger partial charge in [0.15, 0.2) is 0 Å². The van der Waals surface area contributed by atoms with Crippen molar-refractivity contribution < 1.29 is 41.4 Å². The van der Waals surface area contributed by atoms with Crippen molar-refractivity contribution >= 4 is 17.5 Å². The first-order valence-corrected chi connectivity index (χ1v) is 11.7. The maximum atomic E-state index is 14.5. The number of nitrogens with zero attached hydrogens (tertiary/aromatic N) is 3. The molecule has 9 nitrogen and oxygen atoms in total. The number of rotatable bonds is 6. The highest BCUT2D eigenvalue weighted by Crippen LogP contribution is 2.47. The van der Waals surface area contributed by atoms with Crippen LogP contribution in [0, 0.1) is 11.6 Å². The van der Waals surface area contributed by atoms with E-state index in [1.54, 1.807) is 0 Å². The van der Waals surface area contributed by atoms with Gasteiger partial charge in [0.1, 0.15) is 46.4 Å². The molecule has 0 saturated carbocycles. The first-order chi connectivity index (χ1) is 18.7. The number of hydrogen-bond acceptors (Lipinski definition) is 6. The minimum Gasteiger partial charge on any atom is -0.489 e. The molecule has 0 saturated heterocycles. The number of pyridine rings is 2. The summed E-state index contributed by atoms with van der Waals surface area (Å²) in [6, 6.07) is 7.80. The van der Waals surface area contributed by atoms with Crippen molar-refractivity contribution in [2.24, 2.45) is 5.73 Å². The average molecular weight is 561 g/mol. The molecule has 2 amide bonds. The fraction of sp³-hybridized carbons (Fsp3) is 0.231. The number of aliphatic hydroxyl groups is 1. The van der Waals surface area contributed by atoms with Gasteiger partial charge in [-0.25, -0.2) is 18.7 Å². The zero-order chi connectivity index (χ0) is 29.0. The summed E-state index contributed by atoms with van der Waals surface area (Å²) in [6.45, 7) is -0.354. The summed E-state index contributed by atoms with van der Waals surface area (Å²) >= 11 is 0. The van der Waals surface area contributed by atoms with Crippen molar-refractivity contribution in [2.75, 3.05) is 13.2 Å². The van der Waals surface area contributed by atoms with E-state index in [2.05, 4.69) is 9.97 Å². The Morgan fingerprint density at radius 2 is 1.77 bits per heavy atom. The molecule has 0 aliphatic carbocycles. The Morgan fingerprint density at radius 1 is 1.10 bits per heavy atom. The molecule has 3 aromatic heterocycles. The lowest BCUT2D eigenvalue weighted by Gasteiger charge is -2.31. The van der Waals surface area contributed by atoms with Crippen LogP contribution in [0.3, 0.4) is 0 Å². The Morgan fingerprint density at radius 3 is 2.42 bits per heavy atom. The van der Waals surface area contributed by atoms with Crippen LogP contribution in [-0.4, -0.2) is 50.6 Å². The number of nitrogens with one attached hydrogen (secondary N) is 1. The van der Waals surface area contributed by atoms with E-state index >= 15 is 0 Å². The van der Waals surface area contributed by atoms with Crippen molar-refractivity contribution in [1.82, 2.24) is 19.7 Å². The number of benzene rings is 1. The van der Waals surface area contributed by atoms with E-state index in [9.17, 15) is 36.6 Å². The molecule has 1 aliphatic rings. The molecule has 2 atom stereocenters. The number of amides is 2. The predicted octanol–water partition coefficient (Wildman–Crippen LogP) is 2.99. The first kappa shape index (κ1) is 27.0. The molecule has 0 radical (unpaired) electrons. The molecule has 40 heavy (non-hydrogen) atoms. The third kappa shape index (κ3) is 4.39. The van der Waals surface area contributed by atoms with Gasteiger partial charge in [0.25, 0.3) is 5.91 Å². The minimum absolute atomic E-state index is 0.0536. The molecular weight excluding hydrogens is 541 g/mol. The number of nitrogens with two attached hydrogens (primary N) is 1. The van der Waals surface area contributed by atoms with Crippen LogP contribution in [0.2, 0.25) is 0 Å². The zero-order valence-electron chi connectivity index (χ0n) is 20.6. The van der Waals surface area contributed by atoms with E-state index in [-0.39, 0.29) is 40.5 Å². The SMILES string of the molecule is C[C@]1(C(N)=O)COc2c1cc(C(O)(CNC(=O)c1cn3cc(F)ccc3n1)C(F)(F)F)nc2-c1ccc(F)cc1. The van der Waals surface area contributed by atoms with Crippen molar-refractivity contribution in [1.29, 1.82) is 0 Å². The first-order valence-electron chi connectivity index (χ1n) is 11.7. The van der Waals surface area contributed by atoms with Gasteiger partial charge in [0.2, 0.25) is 11.5 Å². The Balaban J connectivity index is 1.58. The van der Waals surface area contributed by atoms with Gasteiger partial charge in [-0.1, -0.05) is 0 Å². The van der Waals surface area contributed by atoms with E-state index < -0.39 is 52.9 Å². The standard InChI is InChI=1S/C26H20F5N5O4/c1-24(23(32)38)12-40-21-16(24)8-18(35-20(21)13-2-4-14(27)5-3-13)25(39,26(29,30)31)11-33-22(37)17-10-36-9-15(28)6-7-19(36)34-17/h2-10,39H,11-12H2,1H3,(H2,32,38)(H,33,37)/t24-,25?/m0/s1. The Bertz CT molecular complexity index is 1660. The summed E-state index contributed by atoms with van der Waals surface area (Å²) in [5.41, 5.74) is -1.07. The number of hydrogen-bond donors (Lipinski definition) is 3. The molecule has 0 fully saturated rings. The molecule has 1 aliphatic heterocycles. The van der Waals surface area contributed by atoms with Crippen molar-refractivity contribution in [3.8, 4) is 17.0 Å². The summed E-state index contributed by atoms with van der Waals surface area (Å²) in [5.74, 6) is -3.29. The number of halogens is 5. The summed E-state index contributed by atoms with van der Waals surface area (Å²) in [5, 5.41) is 13.1. The van der Waals surface area contributed by atoms with E-state index in [1.165, 1.54) is 29.5 Å². The van der Waals surface area contributed by atoms with E-state index in [4.69, 9.17) is 10.5 Å². The average Bonchev–Trinajstić information content (AvgIpc) is 3.48. The molecule has 14 heteroatoms. The fourth-order valence-corrected chi connectivity index (χ4v) is 4.31. The summed E-state index contributed by atoms with van der Waals surface area (Å²) in [7, 11) is 0. The lowest BCUT2D eigenvalue weighted by Crippen LogP contribution is -2.52. The van der Waals surface area contributed by atoms with Gasteiger partial charge in [-0.05, 0) is 49.4 Å². The van der Waals surface area contributed by atoms with Crippen molar-refractivity contribution in [2.45, 2.75) is 24.1 Å². The molecule has 4 N–H and O–H groups in total. The van der Waals surface area contributed by atoms with Crippen LogP contribution in [0.25, 0.3) is 16.9 Å². The molecular formula is C26H20F5N5O4. The van der Waals surface area contributed by atoms with E-state index in [0.717, 1.165) is 36.7 Å². The van der Waals surface area contributed by atoms with Crippen LogP contribution < -0.4 is 15.8 Å². The number of aromatic nitrogens is 3. The van der Waals surface area contributed by atoms with Crippen molar-refractivity contribution in [3.05, 3.63) is 83.4 Å². The van der Waals surface area contributed by atoms with Gasteiger partial charge in [0, 0.05) is 23.5 Å². The number of alkyl halides is 3. The molecule has 4 heterocycles. The fourth-order valence-electron chi connectivity index (χ4n) is 4.31. The summed E-state index contributed by atoms with van der Waals surface area (Å²) < 4.78 is 77.2. The van der Waals surface area contributed by atoms with Gasteiger partial charge in [-0.3, -0.25) is 9.59 Å². The van der Waals surface area contributed by atoms with Crippen LogP contribution in [0.1, 0.15) is 28.7 Å². The van der Waals surface area contributed by atoms with Crippen LogP contribution in [0.5, 0.6) is 5.75 Å². The number of ether oxygens (including phenoxy) is 1. The number of carbonyl (C=O) groups excluding carboxylic acids is 2. The molecule has 4 aromatic rings. The highest BCUT2D eigenvalue weighted by atomic mass is 19.4. The quantitative estimate of drug-likeness (QED) is 0.310. The van der Waals surface area contributed by atoms with Gasteiger partial charge in [0.05, 0.1) is 12.2 Å². The van der Waals surface area contributed by atoms with Crippen LogP contribution >= 0.6 is 0 Å². The van der Waals surface area contributed by atoms with Gasteiger partial charge in [-0.15, -0.1) is 0 Å². The normalized spacial score (nSPS) is 18.2. The summed E-state index contributed by atoms with van der Waals surface area (Å²) in [6.07, 6.45) is -3.25. The number of primary amides is 1. The zero-order valence-corrected chi connectivity index (χ0v) is 20.6. The van der Waals surface area contributed by atoms with E-state index in [0.29, 0.717) is 0 Å². The Kier molecular flexibility index (Phi) is 6.25. The lowest BCUT2D eigenvalue weighted by molar-refractivity contribution is -0.265. The van der Waals surface area contributed by atoms with Gasteiger partial charge < -0.3 is 25.3 Å². The third-order valence-corrected chi connectivity index (χ3v) is 6.78. The topological polar surface area (TPSA) is 132 Å². The molecule has 0 bridgehead atoms. The van der Waals surface area contributed by atoms with Crippen LogP contribution in [-0.2, 0) is 15.8 Å². The largest absolute Gasteiger partial charge is 0.489 e. The molecule has 1 unspecified atom stereocenters. The molecule has 5 rings (SSSR count). The van der Waals surface area contributed by atoms with Crippen LogP contribution in [0.15, 0.2) is 54.9 Å². The molecule has 1 aromatic carbocycles. The Labute approximate surface area is 222 Å². The monoisotopic (exact) mass is 561 g/mol. The minimum atomic E-state index is -5.38. The van der Waals surface area contributed by atoms with Crippen LogP contribution in [0.4, 0.5) is 22.0 Å². The Hall–Kier alpha value is -4.59. The highest BCUT2D eigenvalue weighted by Gasteiger charge is 2.57. The maximum Gasteiger partial charge on any atom is 0.424 e. The second-order valence-corrected chi connectivity index (χ2v) is 9.50. The predicted molar refractivity (Wildman–Crippen MR) is 129 cm³/mol. The molecule has 208 valence electrons. The van der Waals surface area contributed by atoms with Gasteiger partial charge in [-0.2, -0.15) is 13.2 Å². The second-order valence-electron chi connectivity index (χ2n) is 9.50. The highest BCUT2D eigenvalue weighted by molar-refractivity contribution is 5.93. The smallest absolute Gasteiger partial charge is 0.424 e. The van der Waals surface area contributed by atoms with E-state index in [1.807, 2.05) is 5.32 Å². The summed E-state index contributed by atoms with van der Waals surface area (Å²) in [4.78, 5) is 33.0. The molecule has 0 spiro atoms. The maximum absolute atomic E-state index is 14.5. The number of fused-ring (bicyclic) bond motifs is 2. The lowest BCUT2D eigenvalue weighted by atomic mass is 9.81. The van der Waals surface area contributed by atoms with Gasteiger partial charge >= 0.3 is 6.18 Å². The second kappa shape index (κ2) is 9.26. The van der Waals surface area contributed by atoms with Crippen molar-refractivity contribution in [3.63, 3.8) is 0 Å². The number of imidazole rings is 1. The third-order valence-electron chi connectivity index (χ3n) is 6.78.